The molecule has 0 atom stereocenters. The molecule has 3 nitrogen and oxygen atoms in total. The first kappa shape index (κ1) is 12.7. The summed E-state index contributed by atoms with van der Waals surface area (Å²) in [5.74, 6) is 0. The van der Waals surface area contributed by atoms with Crippen molar-refractivity contribution in [3.8, 4) is 0 Å². The average Bonchev–Trinajstić information content (AvgIpc) is 2.77. The second kappa shape index (κ2) is 4.86. The molecule has 0 aliphatic carbocycles. The van der Waals surface area contributed by atoms with Crippen molar-refractivity contribution in [2.45, 2.75) is 4.21 Å². The maximum absolute atomic E-state index is 11.9. The van der Waals surface area contributed by atoms with Gasteiger partial charge in [-0.25, -0.2) is 8.42 Å². The molecule has 2 rings (SSSR count). The van der Waals surface area contributed by atoms with E-state index in [0.29, 0.717) is 5.02 Å². The molecule has 1 N–H and O–H groups in total. The van der Waals surface area contributed by atoms with Crippen LogP contribution in [0.15, 0.2) is 33.9 Å². The second-order valence-electron chi connectivity index (χ2n) is 3.08. The van der Waals surface area contributed by atoms with Crippen molar-refractivity contribution in [3.05, 3.63) is 45.8 Å². The molecule has 0 aliphatic heterocycles. The number of halogens is 2. The van der Waals surface area contributed by atoms with Crippen LogP contribution in [0.3, 0.4) is 0 Å². The van der Waals surface area contributed by atoms with Crippen LogP contribution in [-0.4, -0.2) is 8.42 Å². The first-order valence-electron chi connectivity index (χ1n) is 4.42. The summed E-state index contributed by atoms with van der Waals surface area (Å²) in [4.78, 5) is 0. The lowest BCUT2D eigenvalue weighted by Crippen LogP contribution is -2.11. The van der Waals surface area contributed by atoms with Crippen molar-refractivity contribution in [2.75, 3.05) is 4.72 Å². The van der Waals surface area contributed by atoms with E-state index in [2.05, 4.69) is 10.8 Å². The molecule has 0 spiro atoms. The van der Waals surface area contributed by atoms with Crippen LogP contribution in [0, 0.1) is 6.07 Å². The average molecular weight is 307 g/mol. The second-order valence-corrected chi connectivity index (χ2v) is 6.75. The fourth-order valence-corrected chi connectivity index (χ4v) is 3.40. The summed E-state index contributed by atoms with van der Waals surface area (Å²) in [6.07, 6.45) is 0. The van der Waals surface area contributed by atoms with Crippen molar-refractivity contribution in [1.82, 2.24) is 0 Å². The summed E-state index contributed by atoms with van der Waals surface area (Å²) < 4.78 is 26.3. The zero-order chi connectivity index (χ0) is 12.5. The lowest BCUT2D eigenvalue weighted by atomic mass is 10.3. The van der Waals surface area contributed by atoms with Crippen LogP contribution in [-0.2, 0) is 10.0 Å². The maximum atomic E-state index is 11.9. The largest absolute Gasteiger partial charge is 0.278 e. The lowest BCUT2D eigenvalue weighted by molar-refractivity contribution is 0.603. The molecule has 89 valence electrons. The summed E-state index contributed by atoms with van der Waals surface area (Å²) in [5.41, 5.74) is 0.257. The van der Waals surface area contributed by atoms with Crippen molar-refractivity contribution >= 4 is 50.2 Å². The minimum Gasteiger partial charge on any atom is -0.278 e. The predicted octanol–water partition coefficient (Wildman–Crippen LogP) is 3.66. The van der Waals surface area contributed by atoms with E-state index < -0.39 is 10.0 Å². The van der Waals surface area contributed by atoms with Gasteiger partial charge < -0.3 is 0 Å². The topological polar surface area (TPSA) is 46.2 Å². The minimum absolute atomic E-state index is 0.233. The quantitative estimate of drug-likeness (QED) is 0.940. The molecule has 0 aliphatic rings. The number of nitrogens with one attached hydrogen (secondary N) is 1. The Kier molecular flexibility index (Phi) is 3.63. The Balaban J connectivity index is 2.30. The van der Waals surface area contributed by atoms with Gasteiger partial charge in [-0.2, -0.15) is 0 Å². The van der Waals surface area contributed by atoms with Gasteiger partial charge >= 0.3 is 0 Å². The van der Waals surface area contributed by atoms with Gasteiger partial charge in [0, 0.05) is 6.07 Å². The Labute approximate surface area is 113 Å². The van der Waals surface area contributed by atoms with E-state index in [4.69, 9.17) is 23.2 Å². The van der Waals surface area contributed by atoms with Crippen LogP contribution in [0.2, 0.25) is 10.0 Å². The third kappa shape index (κ3) is 2.93. The fourth-order valence-electron chi connectivity index (χ4n) is 1.12. The van der Waals surface area contributed by atoms with Crippen LogP contribution in [0.4, 0.5) is 5.69 Å². The smallest absolute Gasteiger partial charge is 0.271 e. The highest BCUT2D eigenvalue weighted by atomic mass is 35.5. The van der Waals surface area contributed by atoms with Gasteiger partial charge in [-0.3, -0.25) is 4.72 Å². The predicted molar refractivity (Wildman–Crippen MR) is 70.4 cm³/mol. The molecule has 0 bridgehead atoms. The number of sulfonamides is 1. The van der Waals surface area contributed by atoms with E-state index in [0.717, 1.165) is 11.3 Å². The Morgan fingerprint density at radius 1 is 1.29 bits per heavy atom. The highest BCUT2D eigenvalue weighted by molar-refractivity contribution is 7.94. The molecular formula is C10H6Cl2NO2S2. The number of anilines is 1. The van der Waals surface area contributed by atoms with Gasteiger partial charge in [-0.05, 0) is 23.6 Å². The SMILES string of the molecule is O=S(=O)(Nc1[c]cc(Cl)c(Cl)c1)c1cccs1. The Morgan fingerprint density at radius 3 is 2.65 bits per heavy atom. The van der Waals surface area contributed by atoms with E-state index in [9.17, 15) is 8.42 Å². The Bertz CT molecular complexity index is 624. The van der Waals surface area contributed by atoms with Gasteiger partial charge in [0.25, 0.3) is 10.0 Å². The number of benzene rings is 1. The summed E-state index contributed by atoms with van der Waals surface area (Å²) in [6.45, 7) is 0. The summed E-state index contributed by atoms with van der Waals surface area (Å²) >= 11 is 12.6. The Hall–Kier alpha value is -0.750. The van der Waals surface area contributed by atoms with Crippen LogP contribution in [0.5, 0.6) is 0 Å². The molecule has 0 saturated heterocycles. The van der Waals surface area contributed by atoms with Crippen molar-refractivity contribution in [2.24, 2.45) is 0 Å². The van der Waals surface area contributed by atoms with Gasteiger partial charge in [0.05, 0.1) is 15.7 Å². The molecule has 0 fully saturated rings. The van der Waals surface area contributed by atoms with Crippen LogP contribution >= 0.6 is 34.5 Å². The van der Waals surface area contributed by atoms with Crippen molar-refractivity contribution < 1.29 is 8.42 Å². The molecule has 17 heavy (non-hydrogen) atoms. The zero-order valence-corrected chi connectivity index (χ0v) is 11.4. The van der Waals surface area contributed by atoms with Crippen LogP contribution in [0.1, 0.15) is 0 Å². The molecule has 1 aromatic heterocycles. The van der Waals surface area contributed by atoms with E-state index in [-0.39, 0.29) is 14.9 Å². The standard InChI is InChI=1S/C10H6Cl2NO2S2/c11-8-4-3-7(6-9(8)12)13-17(14,15)10-2-1-5-16-10/h1-2,4-6,13H. The third-order valence-corrected chi connectivity index (χ3v) is 5.34. The number of rotatable bonds is 3. The van der Waals surface area contributed by atoms with Gasteiger partial charge in [-0.1, -0.05) is 29.3 Å². The molecule has 0 unspecified atom stereocenters. The van der Waals surface area contributed by atoms with Crippen LogP contribution < -0.4 is 4.72 Å². The van der Waals surface area contributed by atoms with Gasteiger partial charge in [0.2, 0.25) is 0 Å². The van der Waals surface area contributed by atoms with E-state index >= 15 is 0 Å². The van der Waals surface area contributed by atoms with Crippen molar-refractivity contribution in [1.29, 1.82) is 0 Å². The van der Waals surface area contributed by atoms with Crippen molar-refractivity contribution in [3.63, 3.8) is 0 Å². The molecule has 7 heteroatoms. The number of thiophene rings is 1. The molecule has 2 aromatic rings. The minimum atomic E-state index is -3.56. The fraction of sp³-hybridized carbons (Fsp3) is 0. The molecule has 0 saturated carbocycles. The lowest BCUT2D eigenvalue weighted by Gasteiger charge is -2.06. The summed E-state index contributed by atoms with van der Waals surface area (Å²) in [7, 11) is -3.56. The zero-order valence-electron chi connectivity index (χ0n) is 8.28. The molecule has 1 heterocycles. The van der Waals surface area contributed by atoms with E-state index in [1.54, 1.807) is 11.4 Å². The highest BCUT2D eigenvalue weighted by Gasteiger charge is 2.15. The first-order chi connectivity index (χ1) is 7.99. The maximum Gasteiger partial charge on any atom is 0.271 e. The normalized spacial score (nSPS) is 11.4. The Morgan fingerprint density at radius 2 is 2.06 bits per heavy atom. The molecule has 1 aromatic carbocycles. The number of hydrogen-bond donors (Lipinski definition) is 1. The monoisotopic (exact) mass is 306 g/mol. The van der Waals surface area contributed by atoms with E-state index in [1.165, 1.54) is 18.2 Å². The third-order valence-electron chi connectivity index (χ3n) is 1.86. The van der Waals surface area contributed by atoms with Gasteiger partial charge in [0.15, 0.2) is 0 Å². The van der Waals surface area contributed by atoms with E-state index in [1.807, 2.05) is 0 Å². The molecular weight excluding hydrogens is 301 g/mol. The first-order valence-corrected chi connectivity index (χ1v) is 7.54. The van der Waals surface area contributed by atoms with Crippen LogP contribution in [0.25, 0.3) is 0 Å². The van der Waals surface area contributed by atoms with Gasteiger partial charge in [-0.15, -0.1) is 11.3 Å². The van der Waals surface area contributed by atoms with Gasteiger partial charge in [0.1, 0.15) is 4.21 Å². The molecule has 1 radical (unpaired) electrons. The summed E-state index contributed by atoms with van der Waals surface area (Å²) in [5, 5.41) is 2.28. The number of hydrogen-bond acceptors (Lipinski definition) is 3. The summed E-state index contributed by atoms with van der Waals surface area (Å²) in [6, 6.07) is 8.70. The molecule has 0 amide bonds. The highest BCUT2D eigenvalue weighted by Crippen LogP contribution is 2.26.